The van der Waals surface area contributed by atoms with Crippen LogP contribution < -0.4 is 5.32 Å². The maximum atomic E-state index is 9.22. The van der Waals surface area contributed by atoms with E-state index >= 15 is 0 Å². The molecule has 1 aromatic rings. The lowest BCUT2D eigenvalue weighted by Gasteiger charge is -2.43. The van der Waals surface area contributed by atoms with Crippen LogP contribution in [-0.4, -0.2) is 43.6 Å². The molecule has 2 rings (SSSR count). The van der Waals surface area contributed by atoms with Gasteiger partial charge in [0.1, 0.15) is 5.75 Å². The van der Waals surface area contributed by atoms with Gasteiger partial charge < -0.3 is 19.9 Å². The molecule has 0 aromatic heterocycles. The minimum absolute atomic E-state index is 0.166. The van der Waals surface area contributed by atoms with Crippen molar-refractivity contribution in [3.63, 3.8) is 0 Å². The van der Waals surface area contributed by atoms with E-state index in [0.717, 1.165) is 26.0 Å². The molecule has 1 aliphatic carbocycles. The molecular formula is C15H23NO3. The summed E-state index contributed by atoms with van der Waals surface area (Å²) in [5.41, 5.74) is 1.22. The molecule has 0 aliphatic heterocycles. The van der Waals surface area contributed by atoms with Crippen LogP contribution in [0.5, 0.6) is 5.75 Å². The number of phenolic OH excluding ortho intramolecular Hbond substituents is 1. The van der Waals surface area contributed by atoms with Crippen LogP contribution in [0.3, 0.4) is 0 Å². The Labute approximate surface area is 114 Å². The standard InChI is InChI=1S/C15H23NO3/c1-3-19-14-10-13(15(14)18-2)16-9-8-11-4-6-12(17)7-5-11/h4-7,13-17H,3,8-10H2,1-2H3. The van der Waals surface area contributed by atoms with Gasteiger partial charge in [0.2, 0.25) is 0 Å². The summed E-state index contributed by atoms with van der Waals surface area (Å²) in [4.78, 5) is 0. The maximum absolute atomic E-state index is 9.22. The summed E-state index contributed by atoms with van der Waals surface area (Å²) in [6.45, 7) is 3.66. The molecule has 3 unspecified atom stereocenters. The number of benzene rings is 1. The van der Waals surface area contributed by atoms with E-state index < -0.39 is 0 Å². The van der Waals surface area contributed by atoms with Gasteiger partial charge in [-0.3, -0.25) is 0 Å². The van der Waals surface area contributed by atoms with E-state index in [1.165, 1.54) is 5.56 Å². The summed E-state index contributed by atoms with van der Waals surface area (Å²) < 4.78 is 11.1. The van der Waals surface area contributed by atoms with Gasteiger partial charge in [-0.15, -0.1) is 0 Å². The molecule has 106 valence electrons. The molecule has 0 heterocycles. The molecule has 0 amide bonds. The van der Waals surface area contributed by atoms with Crippen LogP contribution in [0.4, 0.5) is 0 Å². The predicted molar refractivity (Wildman–Crippen MR) is 74.4 cm³/mol. The number of rotatable bonds is 7. The zero-order valence-corrected chi connectivity index (χ0v) is 11.6. The zero-order valence-electron chi connectivity index (χ0n) is 11.6. The number of nitrogens with one attached hydrogen (secondary N) is 1. The van der Waals surface area contributed by atoms with Crippen molar-refractivity contribution >= 4 is 0 Å². The molecule has 2 N–H and O–H groups in total. The zero-order chi connectivity index (χ0) is 13.7. The summed E-state index contributed by atoms with van der Waals surface area (Å²) in [5.74, 6) is 0.315. The molecule has 1 fully saturated rings. The van der Waals surface area contributed by atoms with Crippen molar-refractivity contribution in [3.8, 4) is 5.75 Å². The van der Waals surface area contributed by atoms with Gasteiger partial charge in [-0.25, -0.2) is 0 Å². The maximum Gasteiger partial charge on any atom is 0.115 e. The summed E-state index contributed by atoms with van der Waals surface area (Å²) in [7, 11) is 1.74. The lowest BCUT2D eigenvalue weighted by atomic mass is 9.85. The number of methoxy groups -OCH3 is 1. The van der Waals surface area contributed by atoms with E-state index in [9.17, 15) is 5.11 Å². The monoisotopic (exact) mass is 265 g/mol. The predicted octanol–water partition coefficient (Wildman–Crippen LogP) is 1.72. The van der Waals surface area contributed by atoms with E-state index in [1.807, 2.05) is 19.1 Å². The number of aromatic hydroxyl groups is 1. The smallest absolute Gasteiger partial charge is 0.115 e. The third-order valence-corrected chi connectivity index (χ3v) is 3.66. The SMILES string of the molecule is CCOC1CC(NCCc2ccc(O)cc2)C1OC. The molecule has 19 heavy (non-hydrogen) atoms. The minimum Gasteiger partial charge on any atom is -0.508 e. The fourth-order valence-corrected chi connectivity index (χ4v) is 2.54. The fourth-order valence-electron chi connectivity index (χ4n) is 2.54. The van der Waals surface area contributed by atoms with E-state index in [1.54, 1.807) is 19.2 Å². The largest absolute Gasteiger partial charge is 0.508 e. The van der Waals surface area contributed by atoms with Crippen LogP contribution in [0.15, 0.2) is 24.3 Å². The highest BCUT2D eigenvalue weighted by Crippen LogP contribution is 2.26. The number of hydrogen-bond donors (Lipinski definition) is 2. The van der Waals surface area contributed by atoms with Gasteiger partial charge in [0.15, 0.2) is 0 Å². The van der Waals surface area contributed by atoms with Crippen LogP contribution in [0.1, 0.15) is 18.9 Å². The van der Waals surface area contributed by atoms with Crippen molar-refractivity contribution in [1.82, 2.24) is 5.32 Å². The highest BCUT2D eigenvalue weighted by atomic mass is 16.5. The van der Waals surface area contributed by atoms with Gasteiger partial charge in [-0.05, 0) is 44.0 Å². The van der Waals surface area contributed by atoms with Crippen LogP contribution in [0.2, 0.25) is 0 Å². The van der Waals surface area contributed by atoms with E-state index in [4.69, 9.17) is 9.47 Å². The van der Waals surface area contributed by atoms with Crippen LogP contribution >= 0.6 is 0 Å². The van der Waals surface area contributed by atoms with Gasteiger partial charge in [0.25, 0.3) is 0 Å². The Balaban J connectivity index is 1.70. The molecule has 3 atom stereocenters. The van der Waals surface area contributed by atoms with Gasteiger partial charge in [0.05, 0.1) is 12.2 Å². The highest BCUT2D eigenvalue weighted by molar-refractivity contribution is 5.26. The molecule has 1 saturated carbocycles. The molecule has 0 saturated heterocycles. The molecule has 1 aromatic carbocycles. The van der Waals surface area contributed by atoms with Crippen LogP contribution in [0.25, 0.3) is 0 Å². The summed E-state index contributed by atoms with van der Waals surface area (Å²) in [6, 6.07) is 7.74. The van der Waals surface area contributed by atoms with Crippen molar-refractivity contribution in [3.05, 3.63) is 29.8 Å². The first kappa shape index (κ1) is 14.3. The molecule has 0 radical (unpaired) electrons. The Morgan fingerprint density at radius 2 is 2.05 bits per heavy atom. The first-order chi connectivity index (χ1) is 9.24. The summed E-state index contributed by atoms with van der Waals surface area (Å²) in [6.07, 6.45) is 2.37. The van der Waals surface area contributed by atoms with Gasteiger partial charge in [-0.1, -0.05) is 12.1 Å². The van der Waals surface area contributed by atoms with Crippen LogP contribution in [-0.2, 0) is 15.9 Å². The van der Waals surface area contributed by atoms with E-state index in [2.05, 4.69) is 5.32 Å². The number of hydrogen-bond acceptors (Lipinski definition) is 4. The Morgan fingerprint density at radius 3 is 2.68 bits per heavy atom. The highest BCUT2D eigenvalue weighted by Gasteiger charge is 2.41. The van der Waals surface area contributed by atoms with E-state index in [-0.39, 0.29) is 12.2 Å². The van der Waals surface area contributed by atoms with Crippen molar-refractivity contribution < 1.29 is 14.6 Å². The fraction of sp³-hybridized carbons (Fsp3) is 0.600. The molecular weight excluding hydrogens is 242 g/mol. The average Bonchev–Trinajstić information content (AvgIpc) is 2.39. The van der Waals surface area contributed by atoms with Gasteiger partial charge in [0, 0.05) is 19.8 Å². The summed E-state index contributed by atoms with van der Waals surface area (Å²) >= 11 is 0. The van der Waals surface area contributed by atoms with E-state index in [0.29, 0.717) is 11.8 Å². The lowest BCUT2D eigenvalue weighted by molar-refractivity contribution is -0.131. The second-order valence-corrected chi connectivity index (χ2v) is 4.91. The molecule has 1 aliphatic rings. The minimum atomic E-state index is 0.166. The molecule has 0 spiro atoms. The summed E-state index contributed by atoms with van der Waals surface area (Å²) in [5, 5.41) is 12.7. The molecule has 4 heteroatoms. The lowest BCUT2D eigenvalue weighted by Crippen LogP contribution is -2.60. The average molecular weight is 265 g/mol. The third-order valence-electron chi connectivity index (χ3n) is 3.66. The van der Waals surface area contributed by atoms with Crippen molar-refractivity contribution in [2.24, 2.45) is 0 Å². The van der Waals surface area contributed by atoms with Gasteiger partial charge in [-0.2, -0.15) is 0 Å². The molecule has 0 bridgehead atoms. The van der Waals surface area contributed by atoms with Crippen molar-refractivity contribution in [2.75, 3.05) is 20.3 Å². The Kier molecular flexibility index (Phi) is 5.19. The van der Waals surface area contributed by atoms with Crippen molar-refractivity contribution in [1.29, 1.82) is 0 Å². The first-order valence-corrected chi connectivity index (χ1v) is 6.90. The van der Waals surface area contributed by atoms with Gasteiger partial charge >= 0.3 is 0 Å². The third kappa shape index (κ3) is 3.69. The Morgan fingerprint density at radius 1 is 1.32 bits per heavy atom. The topological polar surface area (TPSA) is 50.7 Å². The van der Waals surface area contributed by atoms with Crippen molar-refractivity contribution in [2.45, 2.75) is 38.0 Å². The number of ether oxygens (including phenoxy) is 2. The Hall–Kier alpha value is -1.10. The quantitative estimate of drug-likeness (QED) is 0.788. The Bertz CT molecular complexity index is 379. The first-order valence-electron chi connectivity index (χ1n) is 6.90. The molecule has 4 nitrogen and oxygen atoms in total. The number of phenols is 1. The second kappa shape index (κ2) is 6.89. The van der Waals surface area contributed by atoms with Crippen LogP contribution in [0, 0.1) is 0 Å². The second-order valence-electron chi connectivity index (χ2n) is 4.91. The normalized spacial score (nSPS) is 26.1.